The number of hydrogen-bond acceptors (Lipinski definition) is 6. The summed E-state index contributed by atoms with van der Waals surface area (Å²) in [6, 6.07) is 7.86. The van der Waals surface area contributed by atoms with Crippen molar-refractivity contribution < 1.29 is 13.2 Å². The van der Waals surface area contributed by atoms with Crippen LogP contribution in [0.15, 0.2) is 36.5 Å². The highest BCUT2D eigenvalue weighted by atomic mass is 19.4. The van der Waals surface area contributed by atoms with Gasteiger partial charge in [0, 0.05) is 23.9 Å². The number of nitrogens with two attached hydrogens (primary N) is 1. The number of anilines is 2. The predicted octanol–water partition coefficient (Wildman–Crippen LogP) is 3.80. The molecule has 4 rings (SSSR count). The third-order valence-electron chi connectivity index (χ3n) is 5.10. The van der Waals surface area contributed by atoms with E-state index in [-0.39, 0.29) is 0 Å². The average molecular weight is 402 g/mol. The highest BCUT2D eigenvalue weighted by molar-refractivity contribution is 5.91. The van der Waals surface area contributed by atoms with E-state index in [1.807, 2.05) is 0 Å². The zero-order valence-corrected chi connectivity index (χ0v) is 15.9. The highest BCUT2D eigenvalue weighted by Gasteiger charge is 2.32. The Labute approximate surface area is 166 Å². The normalized spacial score (nSPS) is 16.3. The summed E-state index contributed by atoms with van der Waals surface area (Å²) in [5, 5.41) is 3.52. The lowest BCUT2D eigenvalue weighted by Gasteiger charge is -2.30. The molecule has 1 aliphatic heterocycles. The van der Waals surface area contributed by atoms with E-state index in [0.717, 1.165) is 37.7 Å². The van der Waals surface area contributed by atoms with E-state index in [1.54, 1.807) is 18.2 Å². The van der Waals surface area contributed by atoms with E-state index in [9.17, 15) is 13.2 Å². The fourth-order valence-electron chi connectivity index (χ4n) is 3.48. The molecular weight excluding hydrogens is 381 g/mol. The first-order valence-electron chi connectivity index (χ1n) is 9.35. The third-order valence-corrected chi connectivity index (χ3v) is 5.10. The van der Waals surface area contributed by atoms with Crippen LogP contribution in [0.4, 0.5) is 24.7 Å². The minimum absolute atomic E-state index is 0.300. The van der Waals surface area contributed by atoms with Crippen LogP contribution < -0.4 is 11.1 Å². The molecule has 152 valence electrons. The maximum atomic E-state index is 12.8. The van der Waals surface area contributed by atoms with Gasteiger partial charge in [0.15, 0.2) is 0 Å². The van der Waals surface area contributed by atoms with Gasteiger partial charge < -0.3 is 16.0 Å². The molecule has 6 nitrogen and oxygen atoms in total. The van der Waals surface area contributed by atoms with Crippen LogP contribution in [0.1, 0.15) is 18.5 Å². The number of fused-ring (bicyclic) bond motifs is 1. The number of pyridine rings is 3. The topological polar surface area (TPSA) is 80.0 Å². The van der Waals surface area contributed by atoms with Gasteiger partial charge in [-0.1, -0.05) is 0 Å². The van der Waals surface area contributed by atoms with E-state index in [4.69, 9.17) is 5.73 Å². The summed E-state index contributed by atoms with van der Waals surface area (Å²) in [6.07, 6.45) is -1.28. The molecule has 0 aliphatic carbocycles. The van der Waals surface area contributed by atoms with Gasteiger partial charge in [0.05, 0.1) is 16.9 Å². The van der Waals surface area contributed by atoms with E-state index < -0.39 is 11.9 Å². The van der Waals surface area contributed by atoms with E-state index in [2.05, 4.69) is 32.2 Å². The molecule has 3 aromatic heterocycles. The number of rotatable bonds is 3. The van der Waals surface area contributed by atoms with Crippen LogP contribution in [0.2, 0.25) is 0 Å². The van der Waals surface area contributed by atoms with E-state index in [0.29, 0.717) is 34.2 Å². The summed E-state index contributed by atoms with van der Waals surface area (Å²) in [6.45, 7) is 2.01. The van der Waals surface area contributed by atoms with Crippen LogP contribution in [0.3, 0.4) is 0 Å². The second-order valence-corrected chi connectivity index (χ2v) is 7.31. The number of halogens is 3. The molecule has 0 atom stereocenters. The maximum absolute atomic E-state index is 12.8. The maximum Gasteiger partial charge on any atom is 0.433 e. The van der Waals surface area contributed by atoms with Gasteiger partial charge in [-0.3, -0.25) is 4.98 Å². The predicted molar refractivity (Wildman–Crippen MR) is 106 cm³/mol. The smallest absolute Gasteiger partial charge is 0.384 e. The Morgan fingerprint density at radius 3 is 2.52 bits per heavy atom. The van der Waals surface area contributed by atoms with Gasteiger partial charge in [-0.15, -0.1) is 0 Å². The summed E-state index contributed by atoms with van der Waals surface area (Å²) in [4.78, 5) is 14.8. The fraction of sp³-hybridized carbons (Fsp3) is 0.350. The summed E-state index contributed by atoms with van der Waals surface area (Å²) in [7, 11) is 2.10. The van der Waals surface area contributed by atoms with Crippen LogP contribution in [0.5, 0.6) is 0 Å². The largest absolute Gasteiger partial charge is 0.433 e. The van der Waals surface area contributed by atoms with Gasteiger partial charge in [-0.05, 0) is 57.2 Å². The number of aromatic nitrogens is 3. The number of hydrogen-bond donors (Lipinski definition) is 2. The molecule has 0 radical (unpaired) electrons. The van der Waals surface area contributed by atoms with Gasteiger partial charge >= 0.3 is 6.18 Å². The first kappa shape index (κ1) is 19.4. The van der Waals surface area contributed by atoms with Crippen molar-refractivity contribution in [2.24, 2.45) is 0 Å². The van der Waals surface area contributed by atoms with Crippen molar-refractivity contribution in [2.75, 3.05) is 31.2 Å². The molecule has 1 aliphatic rings. The van der Waals surface area contributed by atoms with Crippen molar-refractivity contribution >= 4 is 22.5 Å². The summed E-state index contributed by atoms with van der Waals surface area (Å²) >= 11 is 0. The third kappa shape index (κ3) is 4.24. The van der Waals surface area contributed by atoms with Gasteiger partial charge in [0.2, 0.25) is 0 Å². The Bertz CT molecular complexity index is 1010. The lowest BCUT2D eigenvalue weighted by molar-refractivity contribution is -0.141. The number of piperidine rings is 1. The van der Waals surface area contributed by atoms with Crippen molar-refractivity contribution in [3.05, 3.63) is 42.2 Å². The minimum atomic E-state index is -4.47. The summed E-state index contributed by atoms with van der Waals surface area (Å²) < 4.78 is 38.3. The Morgan fingerprint density at radius 1 is 1.10 bits per heavy atom. The first-order valence-corrected chi connectivity index (χ1v) is 9.35. The Hall–Kier alpha value is -2.94. The molecule has 3 N–H and O–H groups in total. The lowest BCUT2D eigenvalue weighted by atomic mass is 10.0. The van der Waals surface area contributed by atoms with Gasteiger partial charge in [-0.25, -0.2) is 9.97 Å². The van der Waals surface area contributed by atoms with Crippen LogP contribution in [0, 0.1) is 0 Å². The second kappa shape index (κ2) is 7.47. The zero-order valence-electron chi connectivity index (χ0n) is 15.9. The lowest BCUT2D eigenvalue weighted by Crippen LogP contribution is -2.36. The van der Waals surface area contributed by atoms with Crippen molar-refractivity contribution in [3.63, 3.8) is 0 Å². The van der Waals surface area contributed by atoms with Crippen molar-refractivity contribution in [3.8, 4) is 11.3 Å². The molecular formula is C20H21F3N6. The first-order chi connectivity index (χ1) is 13.8. The van der Waals surface area contributed by atoms with Gasteiger partial charge in [0.25, 0.3) is 0 Å². The molecule has 0 spiro atoms. The molecule has 0 unspecified atom stereocenters. The molecule has 1 fully saturated rings. The minimum Gasteiger partial charge on any atom is -0.384 e. The molecule has 0 amide bonds. The number of nitrogens with zero attached hydrogens (tertiary/aromatic N) is 4. The van der Waals surface area contributed by atoms with E-state index >= 15 is 0 Å². The second-order valence-electron chi connectivity index (χ2n) is 7.31. The molecule has 1 saturated heterocycles. The number of nitrogen functional groups attached to an aromatic ring is 1. The molecule has 29 heavy (non-hydrogen) atoms. The molecule has 4 heterocycles. The zero-order chi connectivity index (χ0) is 20.6. The Morgan fingerprint density at radius 2 is 1.86 bits per heavy atom. The van der Waals surface area contributed by atoms with Crippen LogP contribution >= 0.6 is 0 Å². The van der Waals surface area contributed by atoms with Crippen LogP contribution in [-0.2, 0) is 6.18 Å². The van der Waals surface area contributed by atoms with Crippen LogP contribution in [-0.4, -0.2) is 46.0 Å². The molecule has 3 aromatic rings. The van der Waals surface area contributed by atoms with Crippen molar-refractivity contribution in [1.82, 2.24) is 19.9 Å². The van der Waals surface area contributed by atoms with Crippen molar-refractivity contribution in [2.45, 2.75) is 25.1 Å². The standard InChI is InChI=1S/C20H21F3N6/c1-29-8-6-13(7-9-29)26-16-10-18(24)27-15-4-3-14(28-19(15)16)12-2-5-17(25-11-12)20(21,22)23/h2-5,10-11,13H,6-9H2,1H3,(H3,24,26,27). The van der Waals surface area contributed by atoms with Crippen molar-refractivity contribution in [1.29, 1.82) is 0 Å². The highest BCUT2D eigenvalue weighted by Crippen LogP contribution is 2.30. The molecule has 0 saturated carbocycles. The summed E-state index contributed by atoms with van der Waals surface area (Å²) in [5.41, 5.74) is 8.10. The van der Waals surface area contributed by atoms with Gasteiger partial charge in [-0.2, -0.15) is 13.2 Å². The number of likely N-dealkylation sites (tertiary alicyclic amines) is 1. The number of nitrogens with one attached hydrogen (secondary N) is 1. The van der Waals surface area contributed by atoms with Gasteiger partial charge in [0.1, 0.15) is 17.0 Å². The molecule has 0 bridgehead atoms. The molecule has 0 aromatic carbocycles. The van der Waals surface area contributed by atoms with E-state index in [1.165, 1.54) is 12.3 Å². The molecule has 9 heteroatoms. The quantitative estimate of drug-likeness (QED) is 0.694. The fourth-order valence-corrected chi connectivity index (χ4v) is 3.48. The Balaban J connectivity index is 1.68. The monoisotopic (exact) mass is 402 g/mol. The summed E-state index contributed by atoms with van der Waals surface area (Å²) in [5.74, 6) is 0.388. The SMILES string of the molecule is CN1CCC(Nc2cc(N)nc3ccc(-c4ccc(C(F)(F)F)nc4)nc23)CC1. The Kier molecular flexibility index (Phi) is 4.99. The number of alkyl halides is 3. The average Bonchev–Trinajstić information content (AvgIpc) is 2.69. The van der Waals surface area contributed by atoms with Crippen LogP contribution in [0.25, 0.3) is 22.3 Å².